The highest BCUT2D eigenvalue weighted by Gasteiger charge is 2.33. The van der Waals surface area contributed by atoms with Crippen LogP contribution in [0, 0.1) is 20.2 Å². The van der Waals surface area contributed by atoms with E-state index in [2.05, 4.69) is 4.79 Å². The molecule has 14 heavy (non-hydrogen) atoms. The third-order valence-electron chi connectivity index (χ3n) is 1.61. The minimum absolute atomic E-state index is 0.125. The monoisotopic (exact) mass is 196 g/mol. The van der Waals surface area contributed by atoms with Crippen molar-refractivity contribution in [2.75, 3.05) is 0 Å². The smallest absolute Gasteiger partial charge is 0.361 e. The summed E-state index contributed by atoms with van der Waals surface area (Å²) in [5.74, 6) is 0. The topological polar surface area (TPSA) is 123 Å². The van der Waals surface area contributed by atoms with E-state index in [0.29, 0.717) is 0 Å². The van der Waals surface area contributed by atoms with Crippen molar-refractivity contribution in [2.24, 2.45) is 0 Å². The summed E-state index contributed by atoms with van der Waals surface area (Å²) >= 11 is 0. The lowest BCUT2D eigenvalue weighted by Gasteiger charge is -1.97. The van der Waals surface area contributed by atoms with Crippen molar-refractivity contribution in [1.29, 1.82) is 0 Å². The van der Waals surface area contributed by atoms with Gasteiger partial charge in [0.05, 0.1) is 16.3 Å². The van der Waals surface area contributed by atoms with Crippen LogP contribution in [0.3, 0.4) is 0 Å². The molecular weight excluding hydrogens is 192 g/mol. The van der Waals surface area contributed by atoms with Crippen LogP contribution < -0.4 is 0 Å². The van der Waals surface area contributed by atoms with Gasteiger partial charge in [0.1, 0.15) is 6.08 Å². The Kier molecular flexibility index (Phi) is 2.49. The van der Waals surface area contributed by atoms with Crippen molar-refractivity contribution < 1.29 is 14.6 Å². The van der Waals surface area contributed by atoms with Gasteiger partial charge in [-0.15, -0.1) is 0 Å². The number of nitro groups is 2. The quantitative estimate of drug-likeness (QED) is 0.274. The van der Waals surface area contributed by atoms with E-state index in [-0.39, 0.29) is 17.8 Å². The van der Waals surface area contributed by atoms with Crippen molar-refractivity contribution in [3.8, 4) is 0 Å². The molecule has 1 rings (SSSR count). The van der Waals surface area contributed by atoms with Crippen LogP contribution in [0.2, 0.25) is 0 Å². The van der Waals surface area contributed by atoms with E-state index < -0.39 is 15.5 Å². The molecule has 0 aromatic heterocycles. The lowest BCUT2D eigenvalue weighted by Crippen LogP contribution is -2.17. The SMILES string of the molecule is [N-]=[N+]=C1CC=C([N+](=O)[O-])C=C1[N+](=O)[O-]. The third-order valence-corrected chi connectivity index (χ3v) is 1.61. The fourth-order valence-electron chi connectivity index (χ4n) is 0.965. The van der Waals surface area contributed by atoms with E-state index in [0.717, 1.165) is 12.2 Å². The average Bonchev–Trinajstić information content (AvgIpc) is 2.16. The first-order valence-corrected chi connectivity index (χ1v) is 3.48. The van der Waals surface area contributed by atoms with Crippen LogP contribution >= 0.6 is 0 Å². The molecule has 8 nitrogen and oxygen atoms in total. The Morgan fingerprint density at radius 1 is 1.36 bits per heavy atom. The molecule has 1 aliphatic carbocycles. The van der Waals surface area contributed by atoms with E-state index >= 15 is 0 Å². The van der Waals surface area contributed by atoms with E-state index in [4.69, 9.17) is 5.53 Å². The molecule has 0 saturated carbocycles. The Hall–Kier alpha value is -2.34. The predicted octanol–water partition coefficient (Wildman–Crippen LogP) is 0.382. The van der Waals surface area contributed by atoms with Crippen LogP contribution in [-0.4, -0.2) is 20.3 Å². The number of allylic oxidation sites excluding steroid dienone is 3. The van der Waals surface area contributed by atoms with Crippen molar-refractivity contribution in [1.82, 2.24) is 0 Å². The van der Waals surface area contributed by atoms with Crippen molar-refractivity contribution in [3.63, 3.8) is 0 Å². The maximum Gasteiger partial charge on any atom is 0.372 e. The highest BCUT2D eigenvalue weighted by Crippen LogP contribution is 2.14. The molecular formula is C6H4N4O4. The summed E-state index contributed by atoms with van der Waals surface area (Å²) in [6.07, 6.45) is 1.78. The lowest BCUT2D eigenvalue weighted by molar-refractivity contribution is -0.431. The number of nitrogens with zero attached hydrogens (tertiary/aromatic N) is 4. The zero-order chi connectivity index (χ0) is 10.7. The van der Waals surface area contributed by atoms with Crippen LogP contribution in [0.5, 0.6) is 0 Å². The molecule has 1 aliphatic rings. The van der Waals surface area contributed by atoms with Crippen molar-refractivity contribution in [2.45, 2.75) is 6.42 Å². The van der Waals surface area contributed by atoms with Crippen LogP contribution in [0.4, 0.5) is 0 Å². The maximum absolute atomic E-state index is 10.4. The normalized spacial score (nSPS) is 15.3. The fourth-order valence-corrected chi connectivity index (χ4v) is 0.965. The lowest BCUT2D eigenvalue weighted by atomic mass is 10.1. The van der Waals surface area contributed by atoms with Gasteiger partial charge in [0.25, 0.3) is 5.70 Å². The highest BCUT2D eigenvalue weighted by atomic mass is 16.6. The molecule has 0 bridgehead atoms. The molecule has 0 aromatic rings. The second-order valence-electron chi connectivity index (χ2n) is 2.42. The van der Waals surface area contributed by atoms with Crippen LogP contribution in [0.25, 0.3) is 5.53 Å². The Morgan fingerprint density at radius 2 is 2.00 bits per heavy atom. The zero-order valence-electron chi connectivity index (χ0n) is 6.78. The van der Waals surface area contributed by atoms with Gasteiger partial charge in [-0.3, -0.25) is 20.2 Å². The van der Waals surface area contributed by atoms with Gasteiger partial charge >= 0.3 is 11.4 Å². The van der Waals surface area contributed by atoms with E-state index in [1.807, 2.05) is 0 Å². The second-order valence-corrected chi connectivity index (χ2v) is 2.42. The fraction of sp³-hybridized carbons (Fsp3) is 0.167. The van der Waals surface area contributed by atoms with Crippen molar-refractivity contribution in [3.05, 3.63) is 49.3 Å². The standard InChI is InChI=1S/C6H4N4O4/c7-8-5-2-1-4(9(11)12)3-6(5)10(13)14/h1,3H,2H2. The van der Waals surface area contributed by atoms with Gasteiger partial charge in [0, 0.05) is 6.08 Å². The second kappa shape index (κ2) is 3.58. The molecule has 0 aliphatic heterocycles. The molecule has 0 N–H and O–H groups in total. The molecule has 0 heterocycles. The van der Waals surface area contributed by atoms with Gasteiger partial charge in [-0.05, 0) is 0 Å². The highest BCUT2D eigenvalue weighted by molar-refractivity contribution is 5.96. The summed E-state index contributed by atoms with van der Waals surface area (Å²) in [5.41, 5.74) is 7.26. The van der Waals surface area contributed by atoms with Crippen LogP contribution in [-0.2, 0) is 0 Å². The van der Waals surface area contributed by atoms with Crippen LogP contribution in [0.15, 0.2) is 23.5 Å². The van der Waals surface area contributed by atoms with Gasteiger partial charge in [0.15, 0.2) is 0 Å². The minimum atomic E-state index is -0.828. The molecule has 0 unspecified atom stereocenters. The zero-order valence-corrected chi connectivity index (χ0v) is 6.78. The molecule has 72 valence electrons. The first-order valence-electron chi connectivity index (χ1n) is 3.48. The first kappa shape index (κ1) is 9.75. The first-order chi connectivity index (χ1) is 6.56. The average molecular weight is 196 g/mol. The van der Waals surface area contributed by atoms with E-state index in [9.17, 15) is 20.2 Å². The Balaban J connectivity index is 3.18. The molecule has 0 spiro atoms. The van der Waals surface area contributed by atoms with Crippen LogP contribution in [0.1, 0.15) is 6.42 Å². The summed E-state index contributed by atoms with van der Waals surface area (Å²) in [6, 6.07) is 0. The summed E-state index contributed by atoms with van der Waals surface area (Å²) in [7, 11) is 0. The van der Waals surface area contributed by atoms with Gasteiger partial charge in [-0.2, -0.15) is 4.79 Å². The van der Waals surface area contributed by atoms with E-state index in [1.165, 1.54) is 0 Å². The molecule has 0 amide bonds. The molecule has 0 atom stereocenters. The van der Waals surface area contributed by atoms with Gasteiger partial charge in [-0.1, -0.05) is 0 Å². The Bertz CT molecular complexity index is 416. The number of hydrogen-bond acceptors (Lipinski definition) is 4. The van der Waals surface area contributed by atoms with Gasteiger partial charge in [-0.25, -0.2) is 0 Å². The van der Waals surface area contributed by atoms with Gasteiger partial charge < -0.3 is 5.53 Å². The summed E-state index contributed by atoms with van der Waals surface area (Å²) < 4.78 is 0. The summed E-state index contributed by atoms with van der Waals surface area (Å²) in [6.45, 7) is 0. The van der Waals surface area contributed by atoms with E-state index in [1.54, 1.807) is 0 Å². The molecule has 0 radical (unpaired) electrons. The molecule has 0 aromatic carbocycles. The third kappa shape index (κ3) is 1.70. The Labute approximate surface area is 77.1 Å². The van der Waals surface area contributed by atoms with Gasteiger partial charge in [0.2, 0.25) is 0 Å². The molecule has 0 saturated heterocycles. The molecule has 8 heteroatoms. The number of rotatable bonds is 2. The number of hydrogen-bond donors (Lipinski definition) is 0. The molecule has 0 fully saturated rings. The maximum atomic E-state index is 10.4. The summed E-state index contributed by atoms with van der Waals surface area (Å²) in [5, 5.41) is 20.7. The van der Waals surface area contributed by atoms with Crippen molar-refractivity contribution >= 4 is 5.71 Å². The predicted molar refractivity (Wildman–Crippen MR) is 43.4 cm³/mol. The summed E-state index contributed by atoms with van der Waals surface area (Å²) in [4.78, 5) is 21.8. The Morgan fingerprint density at radius 3 is 2.43 bits per heavy atom. The minimum Gasteiger partial charge on any atom is -0.361 e. The largest absolute Gasteiger partial charge is 0.372 e.